The number of carbonyl (C=O) groups excluding carboxylic acids is 3. The summed E-state index contributed by atoms with van der Waals surface area (Å²) in [5.41, 5.74) is 5.56. The maximum atomic E-state index is 12.9. The Hall–Kier alpha value is -2.56. The normalized spacial score (nSPS) is 14.9. The lowest BCUT2D eigenvalue weighted by molar-refractivity contribution is -0.124. The lowest BCUT2D eigenvalue weighted by Gasteiger charge is -2.14. The third kappa shape index (κ3) is 5.74. The molecule has 0 aliphatic carbocycles. The highest BCUT2D eigenvalue weighted by Gasteiger charge is 2.32. The fourth-order valence-electron chi connectivity index (χ4n) is 2.52. The number of hydrogen-bond acceptors (Lipinski definition) is 5. The zero-order valence-electron chi connectivity index (χ0n) is 15.4. The Morgan fingerprint density at radius 2 is 1.90 bits per heavy atom. The van der Waals surface area contributed by atoms with E-state index < -0.39 is 17.6 Å². The van der Waals surface area contributed by atoms with Gasteiger partial charge in [-0.1, -0.05) is 52.0 Å². The first-order chi connectivity index (χ1) is 14.3. The highest BCUT2D eigenvalue weighted by molar-refractivity contribution is 9.10. The molecule has 1 saturated heterocycles. The number of halogens is 2. The summed E-state index contributed by atoms with van der Waals surface area (Å²) in [6.07, 6.45) is 1.69. The van der Waals surface area contributed by atoms with Crippen LogP contribution in [0.4, 0.5) is 4.39 Å². The van der Waals surface area contributed by atoms with Gasteiger partial charge < -0.3 is 0 Å². The van der Waals surface area contributed by atoms with Gasteiger partial charge in [-0.15, -0.1) is 0 Å². The maximum Gasteiger partial charge on any atom is 0.269 e. The highest BCUT2D eigenvalue weighted by atomic mass is 79.9. The Morgan fingerprint density at radius 3 is 2.60 bits per heavy atom. The molecule has 0 atom stereocenters. The van der Waals surface area contributed by atoms with E-state index in [0.717, 1.165) is 22.2 Å². The van der Waals surface area contributed by atoms with Gasteiger partial charge in [-0.05, 0) is 48.0 Å². The minimum atomic E-state index is -0.578. The monoisotopic (exact) mass is 507 g/mol. The van der Waals surface area contributed by atoms with E-state index in [0.29, 0.717) is 9.23 Å². The summed E-state index contributed by atoms with van der Waals surface area (Å²) in [7, 11) is 0. The van der Waals surface area contributed by atoms with Gasteiger partial charge in [-0.2, -0.15) is 0 Å². The molecule has 1 aliphatic heterocycles. The molecule has 0 unspecified atom stereocenters. The third-order valence-corrected chi connectivity index (χ3v) is 5.88. The van der Waals surface area contributed by atoms with E-state index in [-0.39, 0.29) is 24.4 Å². The van der Waals surface area contributed by atoms with Gasteiger partial charge >= 0.3 is 0 Å². The van der Waals surface area contributed by atoms with E-state index in [4.69, 9.17) is 12.2 Å². The fourth-order valence-corrected chi connectivity index (χ4v) is 4.24. The topological polar surface area (TPSA) is 78.5 Å². The Kier molecular flexibility index (Phi) is 7.35. The molecular formula is C20H15BrFN3O3S2. The van der Waals surface area contributed by atoms with E-state index in [1.165, 1.54) is 28.8 Å². The van der Waals surface area contributed by atoms with Crippen molar-refractivity contribution in [3.63, 3.8) is 0 Å². The van der Waals surface area contributed by atoms with Crippen LogP contribution in [-0.4, -0.2) is 33.5 Å². The highest BCUT2D eigenvalue weighted by Crippen LogP contribution is 2.32. The van der Waals surface area contributed by atoms with E-state index in [1.807, 2.05) is 24.3 Å². The molecule has 2 N–H and O–H groups in total. The van der Waals surface area contributed by atoms with Crippen molar-refractivity contribution in [3.05, 3.63) is 74.9 Å². The van der Waals surface area contributed by atoms with Crippen molar-refractivity contribution in [2.75, 3.05) is 6.54 Å². The zero-order valence-corrected chi connectivity index (χ0v) is 18.6. The van der Waals surface area contributed by atoms with Gasteiger partial charge in [0.05, 0.1) is 4.91 Å². The fraction of sp³-hybridized carbons (Fsp3) is 0.100. The molecule has 3 rings (SSSR count). The number of nitrogens with zero attached hydrogens (tertiary/aromatic N) is 1. The van der Waals surface area contributed by atoms with Gasteiger partial charge in [0, 0.05) is 23.0 Å². The third-order valence-electron chi connectivity index (χ3n) is 4.00. The lowest BCUT2D eigenvalue weighted by Crippen LogP contribution is -2.43. The standard InChI is InChI=1S/C20H15BrFN3O3S2/c21-14-3-1-2-12(10-14)11-16-19(28)25(20(29)30-16)9-8-17(26)23-24-18(27)13-4-6-15(22)7-5-13/h1-7,10-11H,8-9H2,(H,23,26)(H,24,27)/b16-11-. The second-order valence-corrected chi connectivity index (χ2v) is 8.74. The molecule has 1 fully saturated rings. The lowest BCUT2D eigenvalue weighted by atomic mass is 10.2. The SMILES string of the molecule is O=C(CCN1C(=O)/C(=C/c2cccc(Br)c2)SC1=S)NNC(=O)c1ccc(F)cc1. The number of amides is 3. The average molecular weight is 508 g/mol. The molecule has 0 radical (unpaired) electrons. The van der Waals surface area contributed by atoms with Crippen molar-refractivity contribution in [2.24, 2.45) is 0 Å². The van der Waals surface area contributed by atoms with Crippen molar-refractivity contribution >= 4 is 68.0 Å². The smallest absolute Gasteiger partial charge is 0.269 e. The van der Waals surface area contributed by atoms with Crippen LogP contribution in [-0.2, 0) is 9.59 Å². The summed E-state index contributed by atoms with van der Waals surface area (Å²) in [5.74, 6) is -1.80. The molecule has 154 valence electrons. The van der Waals surface area contributed by atoms with Crippen LogP contribution < -0.4 is 10.9 Å². The summed E-state index contributed by atoms with van der Waals surface area (Å²) >= 11 is 9.81. The van der Waals surface area contributed by atoms with Gasteiger partial charge in [0.15, 0.2) is 0 Å². The van der Waals surface area contributed by atoms with Crippen molar-refractivity contribution in [1.82, 2.24) is 15.8 Å². The molecule has 0 bridgehead atoms. The molecule has 10 heteroatoms. The number of carbonyl (C=O) groups is 3. The van der Waals surface area contributed by atoms with Gasteiger partial charge in [-0.25, -0.2) is 4.39 Å². The number of benzene rings is 2. The van der Waals surface area contributed by atoms with E-state index in [2.05, 4.69) is 26.8 Å². The number of thiocarbonyl (C=S) groups is 1. The molecule has 2 aromatic rings. The summed E-state index contributed by atoms with van der Waals surface area (Å²) in [6, 6.07) is 12.4. The minimum absolute atomic E-state index is 0.0553. The van der Waals surface area contributed by atoms with Crippen LogP contribution in [0.15, 0.2) is 57.9 Å². The summed E-state index contributed by atoms with van der Waals surface area (Å²) in [4.78, 5) is 38.4. The van der Waals surface area contributed by atoms with Gasteiger partial charge in [0.1, 0.15) is 10.1 Å². The van der Waals surface area contributed by atoms with Crippen LogP contribution in [0, 0.1) is 5.82 Å². The number of rotatable bonds is 5. The Balaban J connectivity index is 1.52. The van der Waals surface area contributed by atoms with Crippen LogP contribution in [0.5, 0.6) is 0 Å². The molecule has 6 nitrogen and oxygen atoms in total. The van der Waals surface area contributed by atoms with Crippen LogP contribution >= 0.6 is 39.9 Å². The predicted molar refractivity (Wildman–Crippen MR) is 121 cm³/mol. The second kappa shape index (κ2) is 9.96. The first-order valence-corrected chi connectivity index (χ1v) is 10.7. The maximum absolute atomic E-state index is 12.9. The Labute approximate surface area is 190 Å². The van der Waals surface area contributed by atoms with Crippen LogP contribution in [0.2, 0.25) is 0 Å². The quantitative estimate of drug-likeness (QED) is 0.367. The number of thioether (sulfide) groups is 1. The molecule has 3 amide bonds. The molecule has 1 aliphatic rings. The van der Waals surface area contributed by atoms with E-state index >= 15 is 0 Å². The van der Waals surface area contributed by atoms with Gasteiger partial charge in [0.2, 0.25) is 5.91 Å². The first kappa shape index (κ1) is 22.1. The van der Waals surface area contributed by atoms with E-state index in [1.54, 1.807) is 6.08 Å². The van der Waals surface area contributed by atoms with Gasteiger partial charge in [-0.3, -0.25) is 30.1 Å². The predicted octanol–water partition coefficient (Wildman–Crippen LogP) is 3.64. The second-order valence-electron chi connectivity index (χ2n) is 6.15. The van der Waals surface area contributed by atoms with Crippen LogP contribution in [0.25, 0.3) is 6.08 Å². The minimum Gasteiger partial charge on any atom is -0.292 e. The number of hydrazine groups is 1. The van der Waals surface area contributed by atoms with Crippen LogP contribution in [0.3, 0.4) is 0 Å². The van der Waals surface area contributed by atoms with Crippen molar-refractivity contribution in [3.8, 4) is 0 Å². The van der Waals surface area contributed by atoms with Crippen molar-refractivity contribution < 1.29 is 18.8 Å². The molecule has 0 spiro atoms. The number of nitrogens with one attached hydrogen (secondary N) is 2. The Bertz CT molecular complexity index is 1040. The van der Waals surface area contributed by atoms with Gasteiger partial charge in [0.25, 0.3) is 11.8 Å². The van der Waals surface area contributed by atoms with Crippen LogP contribution in [0.1, 0.15) is 22.3 Å². The summed E-state index contributed by atoms with van der Waals surface area (Å²) < 4.78 is 14.2. The molecule has 1 heterocycles. The van der Waals surface area contributed by atoms with Crippen molar-refractivity contribution in [2.45, 2.75) is 6.42 Å². The molecule has 0 aromatic heterocycles. The molecule has 30 heavy (non-hydrogen) atoms. The first-order valence-electron chi connectivity index (χ1n) is 8.69. The molecule has 0 saturated carbocycles. The Morgan fingerprint density at radius 1 is 1.17 bits per heavy atom. The summed E-state index contributed by atoms with van der Waals surface area (Å²) in [6.45, 7) is 0.0821. The molecule has 2 aromatic carbocycles. The average Bonchev–Trinajstić information content (AvgIpc) is 2.97. The van der Waals surface area contributed by atoms with E-state index in [9.17, 15) is 18.8 Å². The number of hydrogen-bond donors (Lipinski definition) is 2. The largest absolute Gasteiger partial charge is 0.292 e. The molecular weight excluding hydrogens is 493 g/mol. The van der Waals surface area contributed by atoms with Crippen molar-refractivity contribution in [1.29, 1.82) is 0 Å². The zero-order chi connectivity index (χ0) is 21.7. The summed E-state index contributed by atoms with van der Waals surface area (Å²) in [5, 5.41) is 0.